The van der Waals surface area contributed by atoms with Crippen molar-refractivity contribution in [1.82, 2.24) is 0 Å². The molecule has 6 heteroatoms. The number of ether oxygens (including phenoxy) is 6. The Balaban J connectivity index is 1.76. The fourth-order valence-corrected chi connectivity index (χ4v) is 3.46. The fourth-order valence-electron chi connectivity index (χ4n) is 3.46. The Labute approximate surface area is 161 Å². The van der Waals surface area contributed by atoms with Gasteiger partial charge in [-0.05, 0) is 45.4 Å². The Hall–Kier alpha value is -1.44. The summed E-state index contributed by atoms with van der Waals surface area (Å²) < 4.78 is 35.4. The highest BCUT2D eigenvalue weighted by Crippen LogP contribution is 2.36. The molecule has 0 spiro atoms. The zero-order valence-corrected chi connectivity index (χ0v) is 16.8. The third-order valence-corrected chi connectivity index (χ3v) is 4.72. The second-order valence-electron chi connectivity index (χ2n) is 7.79. The molecular weight excluding hydrogens is 348 g/mol. The summed E-state index contributed by atoms with van der Waals surface area (Å²) >= 11 is 0. The van der Waals surface area contributed by atoms with E-state index in [-0.39, 0.29) is 24.4 Å². The van der Waals surface area contributed by atoms with Crippen LogP contribution in [0.15, 0.2) is 36.9 Å². The molecule has 2 aliphatic heterocycles. The SMILES string of the molecule is C=C[C@H]1OC(C)(C)O[C@H]1[C@H](OCc1ccc(OC)cc1)[C@H]1COC(C)(C)O1. The molecule has 0 saturated carbocycles. The van der Waals surface area contributed by atoms with Crippen molar-refractivity contribution >= 4 is 0 Å². The van der Waals surface area contributed by atoms with Crippen molar-refractivity contribution in [2.75, 3.05) is 13.7 Å². The van der Waals surface area contributed by atoms with Gasteiger partial charge in [0.1, 0.15) is 30.2 Å². The van der Waals surface area contributed by atoms with Crippen LogP contribution < -0.4 is 4.74 Å². The fraction of sp³-hybridized carbons (Fsp3) is 0.619. The number of hydrogen-bond acceptors (Lipinski definition) is 6. The van der Waals surface area contributed by atoms with Gasteiger partial charge >= 0.3 is 0 Å². The molecule has 0 aliphatic carbocycles. The minimum absolute atomic E-state index is 0.261. The maximum Gasteiger partial charge on any atom is 0.164 e. The Morgan fingerprint density at radius 1 is 1.11 bits per heavy atom. The molecule has 2 aliphatic rings. The van der Waals surface area contributed by atoms with Gasteiger partial charge in [-0.15, -0.1) is 6.58 Å². The van der Waals surface area contributed by atoms with Crippen molar-refractivity contribution in [1.29, 1.82) is 0 Å². The van der Waals surface area contributed by atoms with Crippen LogP contribution in [0.2, 0.25) is 0 Å². The molecule has 2 heterocycles. The Kier molecular flexibility index (Phi) is 5.93. The molecule has 4 atom stereocenters. The van der Waals surface area contributed by atoms with E-state index >= 15 is 0 Å². The third-order valence-electron chi connectivity index (χ3n) is 4.72. The standard InChI is InChI=1S/C21H30O6/c1-7-16-19(27-21(4,5)25-16)18(17-13-24-20(2,3)26-17)23-12-14-8-10-15(22-6)11-9-14/h7-11,16-19H,1,12-13H2,2-6H3/t16-,17-,18-,19-/m1/s1. The van der Waals surface area contributed by atoms with Gasteiger partial charge in [-0.25, -0.2) is 0 Å². The van der Waals surface area contributed by atoms with Gasteiger partial charge in [-0.3, -0.25) is 0 Å². The second-order valence-corrected chi connectivity index (χ2v) is 7.79. The number of methoxy groups -OCH3 is 1. The summed E-state index contributed by atoms with van der Waals surface area (Å²) in [4.78, 5) is 0. The molecule has 0 radical (unpaired) electrons. The molecule has 1 aromatic carbocycles. The smallest absolute Gasteiger partial charge is 0.164 e. The lowest BCUT2D eigenvalue weighted by molar-refractivity contribution is -0.190. The quantitative estimate of drug-likeness (QED) is 0.678. The maximum atomic E-state index is 6.29. The van der Waals surface area contributed by atoms with Crippen LogP contribution in [0.5, 0.6) is 5.75 Å². The van der Waals surface area contributed by atoms with E-state index in [1.807, 2.05) is 52.0 Å². The monoisotopic (exact) mass is 378 g/mol. The van der Waals surface area contributed by atoms with Crippen molar-refractivity contribution in [2.45, 2.75) is 70.3 Å². The van der Waals surface area contributed by atoms with E-state index in [2.05, 4.69) is 6.58 Å². The lowest BCUT2D eigenvalue weighted by atomic mass is 10.0. The van der Waals surface area contributed by atoms with Crippen LogP contribution in [-0.2, 0) is 30.3 Å². The molecule has 1 aromatic rings. The molecule has 0 N–H and O–H groups in total. The van der Waals surface area contributed by atoms with E-state index in [1.165, 1.54) is 0 Å². The van der Waals surface area contributed by atoms with Crippen LogP contribution in [0.25, 0.3) is 0 Å². The summed E-state index contributed by atoms with van der Waals surface area (Å²) in [5.74, 6) is -0.545. The molecule has 0 aromatic heterocycles. The highest BCUT2D eigenvalue weighted by Gasteiger charge is 2.50. The maximum absolute atomic E-state index is 6.29. The van der Waals surface area contributed by atoms with E-state index in [4.69, 9.17) is 28.4 Å². The van der Waals surface area contributed by atoms with Crippen LogP contribution in [0, 0.1) is 0 Å². The van der Waals surface area contributed by atoms with Crippen LogP contribution in [0.3, 0.4) is 0 Å². The zero-order chi connectivity index (χ0) is 19.7. The van der Waals surface area contributed by atoms with Crippen molar-refractivity contribution in [3.05, 3.63) is 42.5 Å². The molecule has 3 rings (SSSR count). The largest absolute Gasteiger partial charge is 0.497 e. The molecule has 150 valence electrons. The molecule has 0 unspecified atom stereocenters. The minimum atomic E-state index is -0.708. The normalized spacial score (nSPS) is 30.2. The van der Waals surface area contributed by atoms with Crippen molar-refractivity contribution in [3.8, 4) is 5.75 Å². The van der Waals surface area contributed by atoms with Gasteiger partial charge in [-0.1, -0.05) is 18.2 Å². The summed E-state index contributed by atoms with van der Waals surface area (Å²) in [6.07, 6.45) is 0.512. The molecular formula is C21H30O6. The summed E-state index contributed by atoms with van der Waals surface area (Å²) in [7, 11) is 1.65. The summed E-state index contributed by atoms with van der Waals surface area (Å²) in [6.45, 7) is 12.3. The Morgan fingerprint density at radius 3 is 2.37 bits per heavy atom. The average Bonchev–Trinajstić information content (AvgIpc) is 3.14. The first-order valence-electron chi connectivity index (χ1n) is 9.27. The summed E-state index contributed by atoms with van der Waals surface area (Å²) in [6, 6.07) is 7.78. The minimum Gasteiger partial charge on any atom is -0.497 e. The van der Waals surface area contributed by atoms with Gasteiger partial charge in [0.25, 0.3) is 0 Å². The molecule has 6 nitrogen and oxygen atoms in total. The third kappa shape index (κ3) is 4.89. The second kappa shape index (κ2) is 7.89. The molecule has 0 bridgehead atoms. The van der Waals surface area contributed by atoms with Gasteiger partial charge in [0, 0.05) is 0 Å². The Morgan fingerprint density at radius 2 is 1.81 bits per heavy atom. The van der Waals surface area contributed by atoms with Gasteiger partial charge in [0.2, 0.25) is 0 Å². The van der Waals surface area contributed by atoms with Crippen molar-refractivity contribution in [2.24, 2.45) is 0 Å². The molecule has 2 fully saturated rings. The van der Waals surface area contributed by atoms with E-state index in [9.17, 15) is 0 Å². The first kappa shape index (κ1) is 20.3. The first-order chi connectivity index (χ1) is 12.7. The van der Waals surface area contributed by atoms with Crippen LogP contribution in [0.4, 0.5) is 0 Å². The average molecular weight is 378 g/mol. The lowest BCUT2D eigenvalue weighted by Gasteiger charge is -2.30. The van der Waals surface area contributed by atoms with Crippen LogP contribution in [-0.4, -0.2) is 49.7 Å². The van der Waals surface area contributed by atoms with Crippen molar-refractivity contribution < 1.29 is 28.4 Å². The molecule has 27 heavy (non-hydrogen) atoms. The lowest BCUT2D eigenvalue weighted by Crippen LogP contribution is -2.46. The van der Waals surface area contributed by atoms with E-state index in [1.54, 1.807) is 13.2 Å². The topological polar surface area (TPSA) is 55.4 Å². The molecule has 2 saturated heterocycles. The van der Waals surface area contributed by atoms with Crippen LogP contribution >= 0.6 is 0 Å². The number of rotatable bonds is 7. The predicted octanol–water partition coefficient (Wildman–Crippen LogP) is 3.44. The Bertz CT molecular complexity index is 639. The highest BCUT2D eigenvalue weighted by atomic mass is 16.8. The van der Waals surface area contributed by atoms with Gasteiger partial charge in [0.15, 0.2) is 11.6 Å². The predicted molar refractivity (Wildman–Crippen MR) is 100 cm³/mol. The zero-order valence-electron chi connectivity index (χ0n) is 16.8. The number of benzene rings is 1. The van der Waals surface area contributed by atoms with E-state index < -0.39 is 11.6 Å². The van der Waals surface area contributed by atoms with Gasteiger partial charge < -0.3 is 28.4 Å². The van der Waals surface area contributed by atoms with Gasteiger partial charge in [0.05, 0.1) is 20.3 Å². The summed E-state index contributed by atoms with van der Waals surface area (Å²) in [5, 5.41) is 0. The highest BCUT2D eigenvalue weighted by molar-refractivity contribution is 5.26. The van der Waals surface area contributed by atoms with Crippen molar-refractivity contribution in [3.63, 3.8) is 0 Å². The number of hydrogen-bond donors (Lipinski definition) is 0. The molecule has 0 amide bonds. The van der Waals surface area contributed by atoms with E-state index in [0.717, 1.165) is 11.3 Å². The first-order valence-corrected chi connectivity index (χ1v) is 9.27. The van der Waals surface area contributed by atoms with E-state index in [0.29, 0.717) is 13.2 Å². The van der Waals surface area contributed by atoms with Gasteiger partial charge in [-0.2, -0.15) is 0 Å². The summed E-state index contributed by atoms with van der Waals surface area (Å²) in [5.41, 5.74) is 1.03. The van der Waals surface area contributed by atoms with Crippen LogP contribution in [0.1, 0.15) is 33.3 Å².